The Morgan fingerprint density at radius 1 is 0.526 bits per heavy atom. The van der Waals surface area contributed by atoms with Gasteiger partial charge in [0.1, 0.15) is 34.8 Å². The SMILES string of the molecule is CC1NCCc2c1[nH]c1ccc(O)cc21.CCC1NCCc2c1[nH]c1ccc(O)cc21.NCCc1c[nH]c2ccc(O)cc12.Oc1ccc2[nH]c3c(c2c1)CCNC3.Oc1ccc2[nH]c3c(c2c1)CCNC3C(F)(F)F. The minimum Gasteiger partial charge on any atom is -0.508 e. The van der Waals surface area contributed by atoms with Gasteiger partial charge in [-0.25, -0.2) is 0 Å². The number of nitrogens with two attached hydrogens (primary N) is 1. The second-order valence-corrected chi connectivity index (χ2v) is 19.8. The lowest BCUT2D eigenvalue weighted by molar-refractivity contribution is -0.159. The van der Waals surface area contributed by atoms with E-state index in [9.17, 15) is 38.7 Å². The first-order chi connectivity index (χ1) is 36.7. The smallest absolute Gasteiger partial charge is 0.409 e. The van der Waals surface area contributed by atoms with Crippen LogP contribution in [0.2, 0.25) is 0 Å². The Hall–Kier alpha value is -7.61. The standard InChI is InChI=1S/C13H16N2O.C12H11F3N2O.C12H14N2O.C11H12N2O.C10H12N2O/c1-2-11-13-9(5-6-14-11)10-7-8(16)3-4-12(10)15-13;13-12(14,15)11-10-7(3-4-16-11)8-5-6(18)1-2-9(8)17-10;1-7-12-9(4-5-13-7)10-6-8(15)2-3-11(10)14-12;14-7-1-2-10-9(5-7)8-3-4-12-6-11(8)13-10;11-4-3-7-6-12-10-2-1-8(13)5-9(7)10/h3-4,7,11,14-16H,2,5-6H2,1H3;1-2,5,11,16-18H,3-4H2;2-3,6-7,13-15H,4-5H2,1H3;1-2,5,12-14H,3-4,6H2;1-2,5-6,12-13H,3-4,11H2. The Balaban J connectivity index is 0.000000108. The van der Waals surface area contributed by atoms with Crippen molar-refractivity contribution in [2.24, 2.45) is 5.73 Å². The average molecular weight is 1040 g/mol. The molecule has 0 spiro atoms. The summed E-state index contributed by atoms with van der Waals surface area (Å²) in [6.07, 6.45) is 3.17. The van der Waals surface area contributed by atoms with E-state index in [1.54, 1.807) is 36.4 Å². The third-order valence-electron chi connectivity index (χ3n) is 14.9. The maximum atomic E-state index is 12.9. The molecule has 0 saturated carbocycles. The van der Waals surface area contributed by atoms with Crippen LogP contribution in [0.25, 0.3) is 54.5 Å². The highest BCUT2D eigenvalue weighted by atomic mass is 19.4. The molecule has 0 aliphatic carbocycles. The van der Waals surface area contributed by atoms with Crippen LogP contribution in [0.3, 0.4) is 0 Å². The van der Waals surface area contributed by atoms with Crippen LogP contribution in [0, 0.1) is 0 Å². The van der Waals surface area contributed by atoms with Crippen molar-refractivity contribution in [3.8, 4) is 28.7 Å². The van der Waals surface area contributed by atoms with E-state index in [0.717, 1.165) is 91.3 Å². The first-order valence-corrected chi connectivity index (χ1v) is 26.0. The first kappa shape index (κ1) is 51.9. The molecule has 10 aromatic rings. The van der Waals surface area contributed by atoms with Gasteiger partial charge in [-0.3, -0.25) is 0 Å². The monoisotopic (exact) mass is 1040 g/mol. The zero-order valence-electron chi connectivity index (χ0n) is 42.4. The topological polar surface area (TPSA) is 254 Å². The van der Waals surface area contributed by atoms with Crippen LogP contribution in [0.1, 0.15) is 89.0 Å². The third-order valence-corrected chi connectivity index (χ3v) is 14.9. The number of hydrogen-bond acceptors (Lipinski definition) is 10. The number of halogens is 3. The molecule has 9 heterocycles. The lowest BCUT2D eigenvalue weighted by atomic mass is 9.98. The molecular formula is C58H65F3N10O5. The highest BCUT2D eigenvalue weighted by Crippen LogP contribution is 2.40. The lowest BCUT2D eigenvalue weighted by Crippen LogP contribution is -2.39. The van der Waals surface area contributed by atoms with Crippen molar-refractivity contribution in [1.29, 1.82) is 0 Å². The van der Waals surface area contributed by atoms with Crippen LogP contribution in [0.15, 0.2) is 97.2 Å². The molecule has 0 bridgehead atoms. The summed E-state index contributed by atoms with van der Waals surface area (Å²) in [6.45, 7) is 9.22. The van der Waals surface area contributed by atoms with Gasteiger partial charge in [0.25, 0.3) is 0 Å². The maximum absolute atomic E-state index is 12.9. The van der Waals surface area contributed by atoms with Crippen molar-refractivity contribution in [3.63, 3.8) is 0 Å². The molecule has 0 saturated heterocycles. The van der Waals surface area contributed by atoms with Gasteiger partial charge in [-0.15, -0.1) is 0 Å². The average Bonchev–Trinajstić information content (AvgIpc) is 4.27. The third kappa shape index (κ3) is 10.8. The summed E-state index contributed by atoms with van der Waals surface area (Å²) >= 11 is 0. The van der Waals surface area contributed by atoms with E-state index >= 15 is 0 Å². The van der Waals surface area contributed by atoms with Gasteiger partial charge in [0.2, 0.25) is 0 Å². The number of fused-ring (bicyclic) bond motifs is 13. The van der Waals surface area contributed by atoms with Gasteiger partial charge >= 0.3 is 6.18 Å². The molecule has 4 aliphatic heterocycles. The molecule has 4 aliphatic rings. The van der Waals surface area contributed by atoms with Crippen LogP contribution < -0.4 is 27.0 Å². The molecule has 76 heavy (non-hydrogen) atoms. The van der Waals surface area contributed by atoms with Gasteiger partial charge in [-0.2, -0.15) is 13.2 Å². The van der Waals surface area contributed by atoms with Gasteiger partial charge < -0.3 is 77.5 Å². The number of hydrogen-bond donors (Lipinski definition) is 15. The van der Waals surface area contributed by atoms with E-state index in [0.29, 0.717) is 64.5 Å². The number of H-pyrrole nitrogens is 5. The van der Waals surface area contributed by atoms with Gasteiger partial charge in [0, 0.05) is 109 Å². The van der Waals surface area contributed by atoms with Gasteiger partial charge in [0.15, 0.2) is 0 Å². The Kier molecular flexibility index (Phi) is 15.0. The van der Waals surface area contributed by atoms with Crippen LogP contribution in [0.5, 0.6) is 28.7 Å². The van der Waals surface area contributed by atoms with Crippen LogP contribution in [-0.2, 0) is 38.6 Å². The molecule has 14 rings (SSSR count). The maximum Gasteiger partial charge on any atom is 0.409 e. The van der Waals surface area contributed by atoms with E-state index < -0.39 is 12.2 Å². The Labute approximate surface area is 436 Å². The molecule has 398 valence electrons. The van der Waals surface area contributed by atoms with E-state index in [1.165, 1.54) is 62.1 Å². The van der Waals surface area contributed by atoms with E-state index in [-0.39, 0.29) is 18.0 Å². The number of alkyl halides is 3. The molecule has 5 aromatic carbocycles. The molecule has 15 nitrogen and oxygen atoms in total. The number of aromatic nitrogens is 5. The summed E-state index contributed by atoms with van der Waals surface area (Å²) in [6, 6.07) is 25.6. The van der Waals surface area contributed by atoms with Crippen molar-refractivity contribution in [3.05, 3.63) is 148 Å². The fourth-order valence-electron chi connectivity index (χ4n) is 11.2. The van der Waals surface area contributed by atoms with Crippen LogP contribution in [-0.4, -0.2) is 89.4 Å². The number of rotatable bonds is 3. The summed E-state index contributed by atoms with van der Waals surface area (Å²) in [5.74, 6) is 1.39. The molecule has 16 N–H and O–H groups in total. The normalized spacial score (nSPS) is 17.7. The van der Waals surface area contributed by atoms with Gasteiger partial charge in [0.05, 0.1) is 0 Å². The van der Waals surface area contributed by atoms with Gasteiger partial charge in [-0.05, 0) is 190 Å². The minimum atomic E-state index is -4.32. The molecule has 0 radical (unpaired) electrons. The Bertz CT molecular complexity index is 3660. The molecule has 3 atom stereocenters. The summed E-state index contributed by atoms with van der Waals surface area (Å²) < 4.78 is 38.7. The van der Waals surface area contributed by atoms with Crippen molar-refractivity contribution in [1.82, 2.24) is 46.2 Å². The molecule has 3 unspecified atom stereocenters. The van der Waals surface area contributed by atoms with E-state index in [2.05, 4.69) is 60.0 Å². The van der Waals surface area contributed by atoms with Crippen LogP contribution >= 0.6 is 0 Å². The van der Waals surface area contributed by atoms with Gasteiger partial charge in [-0.1, -0.05) is 6.92 Å². The largest absolute Gasteiger partial charge is 0.508 e. The predicted molar refractivity (Wildman–Crippen MR) is 293 cm³/mol. The zero-order valence-corrected chi connectivity index (χ0v) is 42.4. The highest BCUT2D eigenvalue weighted by Gasteiger charge is 2.44. The predicted octanol–water partition coefficient (Wildman–Crippen LogP) is 10.1. The van der Waals surface area contributed by atoms with Crippen molar-refractivity contribution < 1.29 is 38.7 Å². The summed E-state index contributed by atoms with van der Waals surface area (Å²) in [4.78, 5) is 16.2. The number of phenols is 5. The second kappa shape index (κ2) is 21.9. The fourth-order valence-corrected chi connectivity index (χ4v) is 11.2. The Morgan fingerprint density at radius 2 is 0.974 bits per heavy atom. The van der Waals surface area contributed by atoms with E-state index in [1.807, 2.05) is 48.7 Å². The van der Waals surface area contributed by atoms with Crippen molar-refractivity contribution >= 4 is 54.5 Å². The molecule has 0 amide bonds. The Morgan fingerprint density at radius 3 is 1.53 bits per heavy atom. The quantitative estimate of drug-likeness (QED) is 0.0797. The molecule has 5 aromatic heterocycles. The molecule has 0 fully saturated rings. The lowest BCUT2D eigenvalue weighted by Gasteiger charge is -2.26. The van der Waals surface area contributed by atoms with Crippen molar-refractivity contribution in [2.45, 2.75) is 83.2 Å². The highest BCUT2D eigenvalue weighted by molar-refractivity contribution is 5.89. The molecule has 18 heteroatoms. The van der Waals surface area contributed by atoms with E-state index in [4.69, 9.17) is 5.73 Å². The summed E-state index contributed by atoms with van der Waals surface area (Å²) in [7, 11) is 0. The first-order valence-electron chi connectivity index (χ1n) is 26.0. The number of aromatic amines is 5. The number of aromatic hydroxyl groups is 5. The van der Waals surface area contributed by atoms with Crippen molar-refractivity contribution in [2.75, 3.05) is 32.7 Å². The van der Waals surface area contributed by atoms with Crippen LogP contribution in [0.4, 0.5) is 13.2 Å². The fraction of sp³-hybridized carbons (Fsp3) is 0.310. The second-order valence-electron chi connectivity index (χ2n) is 19.8. The summed E-state index contributed by atoms with van der Waals surface area (Å²) in [5.41, 5.74) is 20.4. The summed E-state index contributed by atoms with van der Waals surface area (Å²) in [5, 5.41) is 65.1. The number of phenolic OH excluding ortho intramolecular Hbond substituents is 5. The molecular weight excluding hydrogens is 974 g/mol. The number of benzene rings is 5. The minimum absolute atomic E-state index is 0.0615. The number of nitrogens with one attached hydrogen (secondary N) is 9. The zero-order chi connectivity index (χ0) is 53.3.